The molecule has 2 aromatic heterocycles. The summed E-state index contributed by atoms with van der Waals surface area (Å²) < 4.78 is 371. The van der Waals surface area contributed by atoms with E-state index in [4.69, 9.17) is 0 Å². The topological polar surface area (TPSA) is 51.6 Å². The maximum absolute atomic E-state index is 14.9. The highest BCUT2D eigenvalue weighted by Crippen LogP contribution is 2.57. The highest BCUT2D eigenvalue weighted by Gasteiger charge is 2.76. The Balaban J connectivity index is 1.83. The minimum Gasteiger partial charge on any atom is -0.226 e. The van der Waals surface area contributed by atoms with Crippen LogP contribution in [0.2, 0.25) is 0 Å². The normalized spacial score (nSPS) is 15.3. The van der Waals surface area contributed by atoms with Crippen molar-refractivity contribution < 1.29 is 114 Å². The summed E-state index contributed by atoms with van der Waals surface area (Å²) in [5.74, 6) is -35.3. The Morgan fingerprint density at radius 2 is 0.468 bits per heavy atom. The fraction of sp³-hybridized carbons (Fsp3) is 0.312. The molecule has 2 heterocycles. The maximum atomic E-state index is 14.9. The van der Waals surface area contributed by atoms with E-state index >= 15 is 0 Å². The Kier molecular flexibility index (Phi) is 8.74. The van der Waals surface area contributed by atoms with Crippen molar-refractivity contribution in [3.05, 3.63) is 58.2 Å². The molecule has 7 rings (SSSR count). The van der Waals surface area contributed by atoms with Crippen molar-refractivity contribution in [3.8, 4) is 0 Å². The molecule has 0 saturated heterocycles. The third-order valence-corrected chi connectivity index (χ3v) is 9.43. The van der Waals surface area contributed by atoms with Gasteiger partial charge in [-0.2, -0.15) is 114 Å². The van der Waals surface area contributed by atoms with Gasteiger partial charge in [-0.1, -0.05) is 0 Å². The number of nitrogens with zero attached hydrogens (tertiary/aromatic N) is 4. The van der Waals surface area contributed by atoms with Crippen LogP contribution in [0.15, 0.2) is 24.3 Å². The maximum Gasteiger partial charge on any atom is 0.460 e. The highest BCUT2D eigenvalue weighted by atomic mass is 19.4. The average molecular weight is 938 g/mol. The Morgan fingerprint density at radius 3 is 0.629 bits per heavy atom. The quantitative estimate of drug-likeness (QED) is 0.100. The summed E-state index contributed by atoms with van der Waals surface area (Å²) >= 11 is 0. The number of benzene rings is 5. The molecule has 5 aromatic carbocycles. The van der Waals surface area contributed by atoms with Crippen LogP contribution < -0.4 is 0 Å². The SMILES string of the molecule is FC(F)(F)c1cc2c3cc(C(F)(F)F)c4nc(C(F)(F)C(F)(F)C(F)(F)F)nc5c(C(F)(F)F)cc(c6cc(C(F)(F)F)c7nc(C(F)(F)C(F)(F)C(F)(F)F)nc1c7c26)c3c45. The standard InChI is InChI=1S/C32H4F26N4/c33-23(34,29(49,50)31(53,54)55)21-59-17-9(25(37,38)39)1-5-6-2-10(26(40,41)42)19-16-14(6)8(7-3-11(27(43,44)45)18(60-21)15(17)13(5)7)4-12(28(46,47)48)20(16)62-22(61-19)24(35,36)30(51,52)32(56,57)58/h1-4H. The minimum atomic E-state index is -7.36. The molecule has 0 unspecified atom stereocenters. The lowest BCUT2D eigenvalue weighted by Crippen LogP contribution is -2.50. The molecule has 0 bridgehead atoms. The number of alkyl halides is 26. The number of aromatic nitrogens is 4. The van der Waals surface area contributed by atoms with Gasteiger partial charge in [0.25, 0.3) is 0 Å². The van der Waals surface area contributed by atoms with Gasteiger partial charge >= 0.3 is 60.7 Å². The second-order valence-electron chi connectivity index (χ2n) is 13.2. The zero-order chi connectivity index (χ0) is 47.0. The van der Waals surface area contributed by atoms with E-state index in [-0.39, 0.29) is 0 Å². The van der Waals surface area contributed by atoms with Gasteiger partial charge in [-0.15, -0.1) is 0 Å². The summed E-state index contributed by atoms with van der Waals surface area (Å²) in [5.41, 5.74) is -20.5. The third-order valence-electron chi connectivity index (χ3n) is 9.43. The molecule has 0 fully saturated rings. The van der Waals surface area contributed by atoms with Crippen LogP contribution in [0.1, 0.15) is 33.9 Å². The van der Waals surface area contributed by atoms with Crippen molar-refractivity contribution in [2.45, 2.75) is 60.7 Å². The van der Waals surface area contributed by atoms with Crippen LogP contribution in [-0.2, 0) is 36.6 Å². The van der Waals surface area contributed by atoms with Crippen LogP contribution >= 0.6 is 0 Å². The van der Waals surface area contributed by atoms with Gasteiger partial charge in [0.1, 0.15) is 0 Å². The van der Waals surface area contributed by atoms with Crippen LogP contribution in [0, 0.1) is 0 Å². The first-order valence-corrected chi connectivity index (χ1v) is 15.5. The molecule has 4 nitrogen and oxygen atoms in total. The molecule has 0 N–H and O–H groups in total. The van der Waals surface area contributed by atoms with Crippen molar-refractivity contribution in [1.29, 1.82) is 0 Å². The summed E-state index contributed by atoms with van der Waals surface area (Å²) in [6.07, 6.45) is -39.6. The van der Waals surface area contributed by atoms with Crippen LogP contribution in [0.5, 0.6) is 0 Å². The first-order chi connectivity index (χ1) is 27.6. The molecule has 0 saturated carbocycles. The molecular formula is C32H4F26N4. The second kappa shape index (κ2) is 12.2. The van der Waals surface area contributed by atoms with Gasteiger partial charge in [0, 0.05) is 21.5 Å². The Hall–Kier alpha value is -5.48. The molecule has 0 aliphatic rings. The summed E-state index contributed by atoms with van der Waals surface area (Å²) in [6.45, 7) is 0. The number of hydrogen-bond acceptors (Lipinski definition) is 4. The number of rotatable bonds is 4. The predicted molar refractivity (Wildman–Crippen MR) is 155 cm³/mol. The van der Waals surface area contributed by atoms with Crippen molar-refractivity contribution in [3.63, 3.8) is 0 Å². The third kappa shape index (κ3) is 5.91. The molecule has 0 amide bonds. The van der Waals surface area contributed by atoms with Crippen LogP contribution in [0.25, 0.3) is 65.2 Å². The van der Waals surface area contributed by atoms with Gasteiger partial charge in [-0.05, 0) is 45.8 Å². The fourth-order valence-corrected chi connectivity index (χ4v) is 6.77. The molecule has 0 spiro atoms. The van der Waals surface area contributed by atoms with Crippen molar-refractivity contribution >= 4 is 65.2 Å². The van der Waals surface area contributed by atoms with E-state index < -0.39 is 184 Å². The van der Waals surface area contributed by atoms with Crippen LogP contribution in [0.4, 0.5) is 114 Å². The lowest BCUT2D eigenvalue weighted by Gasteiger charge is -2.29. The molecule has 0 aliphatic carbocycles. The van der Waals surface area contributed by atoms with E-state index in [0.717, 1.165) is 0 Å². The predicted octanol–water partition coefficient (Wildman–Crippen LogP) is 13.7. The van der Waals surface area contributed by atoms with Crippen LogP contribution in [-0.4, -0.2) is 44.1 Å². The zero-order valence-electron chi connectivity index (χ0n) is 27.9. The highest BCUT2D eigenvalue weighted by molar-refractivity contribution is 6.40. The molecule has 0 aliphatic heterocycles. The Morgan fingerprint density at radius 1 is 0.274 bits per heavy atom. The average Bonchev–Trinajstić information content (AvgIpc) is 3.08. The van der Waals surface area contributed by atoms with E-state index in [2.05, 4.69) is 19.9 Å². The number of hydrogen-bond donors (Lipinski definition) is 0. The molecule has 0 atom stereocenters. The van der Waals surface area contributed by atoms with E-state index in [1.165, 1.54) is 0 Å². The number of fused-ring (bicyclic) bond motifs is 2. The minimum absolute atomic E-state index is 0.477. The fourth-order valence-electron chi connectivity index (χ4n) is 6.77. The van der Waals surface area contributed by atoms with Crippen molar-refractivity contribution in [2.24, 2.45) is 0 Å². The summed E-state index contributed by atoms with van der Waals surface area (Å²) in [6, 6.07) is -1.91. The van der Waals surface area contributed by atoms with Gasteiger partial charge in [0.05, 0.1) is 44.3 Å². The first-order valence-electron chi connectivity index (χ1n) is 15.5. The van der Waals surface area contributed by atoms with Gasteiger partial charge in [0.15, 0.2) is 0 Å². The lowest BCUT2D eigenvalue weighted by molar-refractivity contribution is -0.361. The monoisotopic (exact) mass is 938 g/mol. The zero-order valence-corrected chi connectivity index (χ0v) is 27.9. The Bertz CT molecular complexity index is 2630. The molecule has 334 valence electrons. The van der Waals surface area contributed by atoms with E-state index in [1.54, 1.807) is 0 Å². The van der Waals surface area contributed by atoms with Gasteiger partial charge in [0.2, 0.25) is 11.6 Å². The van der Waals surface area contributed by atoms with Crippen molar-refractivity contribution in [1.82, 2.24) is 19.9 Å². The molecule has 62 heavy (non-hydrogen) atoms. The summed E-state index contributed by atoms with van der Waals surface area (Å²) in [4.78, 5) is 9.64. The molecule has 30 heteroatoms. The van der Waals surface area contributed by atoms with E-state index in [1.807, 2.05) is 0 Å². The van der Waals surface area contributed by atoms with E-state index in [0.29, 0.717) is 0 Å². The van der Waals surface area contributed by atoms with Crippen LogP contribution in [0.3, 0.4) is 0 Å². The van der Waals surface area contributed by atoms with Gasteiger partial charge < -0.3 is 0 Å². The molecule has 0 radical (unpaired) electrons. The Labute approximate surface area is 318 Å². The summed E-state index contributed by atoms with van der Waals surface area (Å²) in [5, 5.41) is -12.9. The lowest BCUT2D eigenvalue weighted by atomic mass is 9.83. The molecular weight excluding hydrogens is 934 g/mol. The van der Waals surface area contributed by atoms with Gasteiger partial charge in [-0.3, -0.25) is 0 Å². The largest absolute Gasteiger partial charge is 0.460 e. The smallest absolute Gasteiger partial charge is 0.226 e. The van der Waals surface area contributed by atoms with Gasteiger partial charge in [-0.25, -0.2) is 19.9 Å². The second-order valence-corrected chi connectivity index (χ2v) is 13.2. The van der Waals surface area contributed by atoms with E-state index in [9.17, 15) is 114 Å². The first kappa shape index (κ1) is 44.6. The number of halogens is 26. The summed E-state index contributed by atoms with van der Waals surface area (Å²) in [7, 11) is 0. The molecule has 7 aromatic rings. The van der Waals surface area contributed by atoms with Crippen molar-refractivity contribution in [2.75, 3.05) is 0 Å².